The van der Waals surface area contributed by atoms with Crippen molar-refractivity contribution in [3.63, 3.8) is 0 Å². The number of esters is 1. The SMILES string of the molecule is COC(=O)C(=O)N1CCCS(=O)(=O)CC1C1CC1. The van der Waals surface area contributed by atoms with Gasteiger partial charge in [0.05, 0.1) is 18.6 Å². The summed E-state index contributed by atoms with van der Waals surface area (Å²) in [5.41, 5.74) is 0. The van der Waals surface area contributed by atoms with Crippen LogP contribution in [0.4, 0.5) is 0 Å². The van der Waals surface area contributed by atoms with E-state index >= 15 is 0 Å². The summed E-state index contributed by atoms with van der Waals surface area (Å²) >= 11 is 0. The molecular weight excluding hydrogens is 258 g/mol. The van der Waals surface area contributed by atoms with E-state index in [1.165, 1.54) is 4.90 Å². The molecule has 2 rings (SSSR count). The van der Waals surface area contributed by atoms with Gasteiger partial charge in [-0.3, -0.25) is 4.79 Å². The second kappa shape index (κ2) is 4.87. The lowest BCUT2D eigenvalue weighted by Crippen LogP contribution is -2.47. The third-order valence-corrected chi connectivity index (χ3v) is 5.23. The molecule has 0 spiro atoms. The highest BCUT2D eigenvalue weighted by molar-refractivity contribution is 7.91. The molecule has 1 aliphatic carbocycles. The normalized spacial score (nSPS) is 27.4. The molecule has 6 nitrogen and oxygen atoms in total. The minimum atomic E-state index is -3.12. The minimum Gasteiger partial charge on any atom is -0.462 e. The first-order chi connectivity index (χ1) is 8.44. The second-order valence-electron chi connectivity index (χ2n) is 4.86. The van der Waals surface area contributed by atoms with Crippen LogP contribution in [0.1, 0.15) is 19.3 Å². The van der Waals surface area contributed by atoms with Crippen molar-refractivity contribution in [1.82, 2.24) is 4.90 Å². The molecule has 0 aromatic rings. The Balaban J connectivity index is 2.21. The minimum absolute atomic E-state index is 0.0274. The molecule has 0 aromatic heterocycles. The number of amides is 1. The zero-order chi connectivity index (χ0) is 13.3. The van der Waals surface area contributed by atoms with Crippen LogP contribution in [-0.4, -0.2) is 56.4 Å². The van der Waals surface area contributed by atoms with Gasteiger partial charge in [-0.2, -0.15) is 0 Å². The third kappa shape index (κ3) is 2.82. The maximum absolute atomic E-state index is 11.9. The van der Waals surface area contributed by atoms with Crippen LogP contribution in [-0.2, 0) is 24.2 Å². The summed E-state index contributed by atoms with van der Waals surface area (Å²) in [7, 11) is -1.96. The highest BCUT2D eigenvalue weighted by Gasteiger charge is 2.43. The molecule has 0 N–H and O–H groups in total. The predicted octanol–water partition coefficient (Wildman–Crippen LogP) is -0.415. The molecule has 1 saturated carbocycles. The Kier molecular flexibility index (Phi) is 3.61. The molecule has 1 atom stereocenters. The number of ether oxygens (including phenoxy) is 1. The van der Waals surface area contributed by atoms with E-state index in [9.17, 15) is 18.0 Å². The molecule has 1 aliphatic heterocycles. The summed E-state index contributed by atoms with van der Waals surface area (Å²) in [4.78, 5) is 24.6. The van der Waals surface area contributed by atoms with Gasteiger partial charge in [0.1, 0.15) is 0 Å². The van der Waals surface area contributed by atoms with Gasteiger partial charge < -0.3 is 9.64 Å². The topological polar surface area (TPSA) is 80.8 Å². The maximum Gasteiger partial charge on any atom is 0.396 e. The monoisotopic (exact) mass is 275 g/mol. The lowest BCUT2D eigenvalue weighted by molar-refractivity contribution is -0.159. The molecule has 7 heteroatoms. The maximum atomic E-state index is 11.9. The van der Waals surface area contributed by atoms with Gasteiger partial charge in [0.25, 0.3) is 0 Å². The van der Waals surface area contributed by atoms with Crippen molar-refractivity contribution in [3.8, 4) is 0 Å². The molecule has 1 unspecified atom stereocenters. The lowest BCUT2D eigenvalue weighted by Gasteiger charge is -2.28. The summed E-state index contributed by atoms with van der Waals surface area (Å²) < 4.78 is 28.0. The number of carbonyl (C=O) groups excluding carboxylic acids is 2. The first-order valence-corrected chi connectivity index (χ1v) is 7.86. The smallest absolute Gasteiger partial charge is 0.396 e. The summed E-state index contributed by atoms with van der Waals surface area (Å²) in [6.45, 7) is 0.314. The molecule has 0 bridgehead atoms. The van der Waals surface area contributed by atoms with E-state index in [1.54, 1.807) is 0 Å². The van der Waals surface area contributed by atoms with E-state index in [0.717, 1.165) is 20.0 Å². The van der Waals surface area contributed by atoms with Crippen LogP contribution in [0, 0.1) is 5.92 Å². The fourth-order valence-corrected chi connectivity index (χ4v) is 4.09. The van der Waals surface area contributed by atoms with Crippen LogP contribution >= 0.6 is 0 Å². The number of rotatable bonds is 1. The first kappa shape index (κ1) is 13.3. The van der Waals surface area contributed by atoms with Crippen molar-refractivity contribution in [3.05, 3.63) is 0 Å². The largest absolute Gasteiger partial charge is 0.462 e. The summed E-state index contributed by atoms with van der Waals surface area (Å²) in [5.74, 6) is -1.36. The number of methoxy groups -OCH3 is 1. The number of carbonyl (C=O) groups is 2. The van der Waals surface area contributed by atoms with Gasteiger partial charge in [0.15, 0.2) is 9.84 Å². The van der Waals surface area contributed by atoms with Gasteiger partial charge in [-0.1, -0.05) is 0 Å². The van der Waals surface area contributed by atoms with Crippen LogP contribution in [0.3, 0.4) is 0 Å². The molecule has 0 radical (unpaired) electrons. The van der Waals surface area contributed by atoms with Gasteiger partial charge in [-0.05, 0) is 25.2 Å². The van der Waals surface area contributed by atoms with E-state index in [4.69, 9.17) is 0 Å². The van der Waals surface area contributed by atoms with Gasteiger partial charge in [-0.25, -0.2) is 13.2 Å². The van der Waals surface area contributed by atoms with E-state index in [2.05, 4.69) is 4.74 Å². The third-order valence-electron chi connectivity index (χ3n) is 3.47. The molecule has 1 saturated heterocycles. The Morgan fingerprint density at radius 3 is 2.50 bits per heavy atom. The van der Waals surface area contributed by atoms with Crippen molar-refractivity contribution < 1.29 is 22.7 Å². The zero-order valence-corrected chi connectivity index (χ0v) is 11.1. The van der Waals surface area contributed by atoms with Crippen LogP contribution in [0.5, 0.6) is 0 Å². The number of sulfone groups is 1. The average Bonchev–Trinajstić information content (AvgIpc) is 3.13. The molecule has 2 aliphatic rings. The second-order valence-corrected chi connectivity index (χ2v) is 7.09. The van der Waals surface area contributed by atoms with Crippen LogP contribution in [0.2, 0.25) is 0 Å². The highest BCUT2D eigenvalue weighted by atomic mass is 32.2. The fraction of sp³-hybridized carbons (Fsp3) is 0.818. The molecular formula is C11H17NO5S. The zero-order valence-electron chi connectivity index (χ0n) is 10.3. The summed E-state index contributed by atoms with van der Waals surface area (Å²) in [5, 5.41) is 0. The Bertz CT molecular complexity index is 454. The number of hydrogen-bond donors (Lipinski definition) is 0. The Labute approximate surface area is 106 Å². The molecule has 1 amide bonds. The van der Waals surface area contributed by atoms with Crippen molar-refractivity contribution in [2.24, 2.45) is 5.92 Å². The van der Waals surface area contributed by atoms with Crippen molar-refractivity contribution in [2.45, 2.75) is 25.3 Å². The van der Waals surface area contributed by atoms with Gasteiger partial charge in [0, 0.05) is 12.6 Å². The van der Waals surface area contributed by atoms with Gasteiger partial charge >= 0.3 is 11.9 Å². The quantitative estimate of drug-likeness (QED) is 0.480. The van der Waals surface area contributed by atoms with Crippen molar-refractivity contribution in [2.75, 3.05) is 25.2 Å². The summed E-state index contributed by atoms with van der Waals surface area (Å²) in [6.07, 6.45) is 2.23. The van der Waals surface area contributed by atoms with Gasteiger partial charge in [-0.15, -0.1) is 0 Å². The van der Waals surface area contributed by atoms with E-state index in [-0.39, 0.29) is 23.5 Å². The number of nitrogens with zero attached hydrogens (tertiary/aromatic N) is 1. The number of hydrogen-bond acceptors (Lipinski definition) is 5. The summed E-state index contributed by atoms with van der Waals surface area (Å²) in [6, 6.07) is -0.357. The standard InChI is InChI=1S/C11H17NO5S/c1-17-11(14)10(13)12-5-2-6-18(15,16)7-9(12)8-3-4-8/h8-9H,2-7H2,1H3. The molecule has 0 aromatic carbocycles. The molecule has 2 fully saturated rings. The molecule has 18 heavy (non-hydrogen) atoms. The van der Waals surface area contributed by atoms with E-state index in [1.807, 2.05) is 0 Å². The predicted molar refractivity (Wildman–Crippen MR) is 63.5 cm³/mol. The Morgan fingerprint density at radius 2 is 1.94 bits per heavy atom. The van der Waals surface area contributed by atoms with E-state index in [0.29, 0.717) is 13.0 Å². The fourth-order valence-electron chi connectivity index (χ4n) is 2.38. The molecule has 102 valence electrons. The Hall–Kier alpha value is -1.11. The van der Waals surface area contributed by atoms with Crippen molar-refractivity contribution >= 4 is 21.7 Å². The Morgan fingerprint density at radius 1 is 1.28 bits per heavy atom. The van der Waals surface area contributed by atoms with Crippen LogP contribution in [0.25, 0.3) is 0 Å². The van der Waals surface area contributed by atoms with Crippen LogP contribution < -0.4 is 0 Å². The van der Waals surface area contributed by atoms with E-state index < -0.39 is 21.7 Å². The van der Waals surface area contributed by atoms with Crippen LogP contribution in [0.15, 0.2) is 0 Å². The first-order valence-electron chi connectivity index (χ1n) is 6.04. The van der Waals surface area contributed by atoms with Gasteiger partial charge in [0.2, 0.25) is 0 Å². The van der Waals surface area contributed by atoms with Crippen molar-refractivity contribution in [1.29, 1.82) is 0 Å². The lowest BCUT2D eigenvalue weighted by atomic mass is 10.1. The average molecular weight is 275 g/mol. The molecule has 1 heterocycles. The highest BCUT2D eigenvalue weighted by Crippen LogP contribution is 2.37.